The lowest BCUT2D eigenvalue weighted by atomic mass is 9.88. The van der Waals surface area contributed by atoms with E-state index in [2.05, 4.69) is 10.6 Å². The van der Waals surface area contributed by atoms with Crippen molar-refractivity contribution in [2.75, 3.05) is 11.9 Å². The lowest BCUT2D eigenvalue weighted by Gasteiger charge is -2.25. The first-order chi connectivity index (χ1) is 12.3. The molecule has 2 rings (SSSR count). The molecule has 5 amide bonds. The van der Waals surface area contributed by atoms with Gasteiger partial charge in [0.1, 0.15) is 12.1 Å². The predicted molar refractivity (Wildman–Crippen MR) is 96.4 cm³/mol. The van der Waals surface area contributed by atoms with Crippen LogP contribution < -0.4 is 16.4 Å². The van der Waals surface area contributed by atoms with E-state index in [0.29, 0.717) is 24.1 Å². The molecule has 0 bridgehead atoms. The summed E-state index contributed by atoms with van der Waals surface area (Å²) in [5.41, 5.74) is 5.02. The number of carbonyl (C=O) groups is 4. The number of carbonyl (C=O) groups excluding carboxylic acids is 4. The molecule has 1 fully saturated rings. The summed E-state index contributed by atoms with van der Waals surface area (Å²) in [6, 6.07) is 5.49. The predicted octanol–water partition coefficient (Wildman–Crippen LogP) is 1.61. The molecule has 0 unspecified atom stereocenters. The standard InChI is InChI=1S/C18H24N4O4/c1-3-9-18(10-4-2)16(25)22(17(26)21-18)11-14(23)20-13-7-5-12(6-8-13)15(19)24/h5-8H,3-4,9-11H2,1-2H3,(H2,19,24)(H,20,23)(H,21,26). The van der Waals surface area contributed by atoms with Gasteiger partial charge in [-0.25, -0.2) is 4.79 Å². The number of nitrogens with two attached hydrogens (primary N) is 1. The molecular formula is C18H24N4O4. The summed E-state index contributed by atoms with van der Waals surface area (Å²) < 4.78 is 0. The highest BCUT2D eigenvalue weighted by Crippen LogP contribution is 2.28. The van der Waals surface area contributed by atoms with Crippen LogP contribution in [0.1, 0.15) is 49.9 Å². The fraction of sp³-hybridized carbons (Fsp3) is 0.444. The zero-order valence-electron chi connectivity index (χ0n) is 15.0. The van der Waals surface area contributed by atoms with Crippen molar-refractivity contribution in [3.05, 3.63) is 29.8 Å². The number of amides is 5. The average Bonchev–Trinajstić information content (AvgIpc) is 2.80. The maximum Gasteiger partial charge on any atom is 0.325 e. The van der Waals surface area contributed by atoms with Gasteiger partial charge in [0.25, 0.3) is 5.91 Å². The molecule has 0 radical (unpaired) electrons. The summed E-state index contributed by atoms with van der Waals surface area (Å²) in [7, 11) is 0. The normalized spacial score (nSPS) is 15.7. The monoisotopic (exact) mass is 360 g/mol. The Hall–Kier alpha value is -2.90. The number of rotatable bonds is 8. The second-order valence-corrected chi connectivity index (χ2v) is 6.39. The maximum atomic E-state index is 12.7. The fourth-order valence-electron chi connectivity index (χ4n) is 3.20. The Labute approximate surface area is 152 Å². The number of imide groups is 1. The highest BCUT2D eigenvalue weighted by molar-refractivity contribution is 6.10. The Balaban J connectivity index is 2.05. The molecule has 140 valence electrons. The molecular weight excluding hydrogens is 336 g/mol. The van der Waals surface area contributed by atoms with Gasteiger partial charge < -0.3 is 16.4 Å². The van der Waals surface area contributed by atoms with Crippen molar-refractivity contribution >= 4 is 29.4 Å². The summed E-state index contributed by atoms with van der Waals surface area (Å²) in [5, 5.41) is 5.37. The van der Waals surface area contributed by atoms with Crippen LogP contribution >= 0.6 is 0 Å². The molecule has 4 N–H and O–H groups in total. The number of benzene rings is 1. The van der Waals surface area contributed by atoms with Gasteiger partial charge in [0.15, 0.2) is 0 Å². The molecule has 0 aromatic heterocycles. The van der Waals surface area contributed by atoms with Crippen LogP contribution in [0.25, 0.3) is 0 Å². The average molecular weight is 360 g/mol. The first-order valence-electron chi connectivity index (χ1n) is 8.66. The molecule has 0 spiro atoms. The third-order valence-electron chi connectivity index (χ3n) is 4.35. The number of anilines is 1. The Bertz CT molecular complexity index is 708. The SMILES string of the molecule is CCCC1(CCC)NC(=O)N(CC(=O)Nc2ccc(C(N)=O)cc2)C1=O. The van der Waals surface area contributed by atoms with E-state index in [1.807, 2.05) is 13.8 Å². The van der Waals surface area contributed by atoms with Gasteiger partial charge in [-0.05, 0) is 37.1 Å². The van der Waals surface area contributed by atoms with Crippen molar-refractivity contribution in [2.24, 2.45) is 5.73 Å². The minimum absolute atomic E-state index is 0.320. The van der Waals surface area contributed by atoms with Crippen molar-refractivity contribution in [1.82, 2.24) is 10.2 Å². The third kappa shape index (κ3) is 4.01. The Kier molecular flexibility index (Phi) is 5.97. The molecule has 1 heterocycles. The number of nitrogens with zero attached hydrogens (tertiary/aromatic N) is 1. The smallest absolute Gasteiger partial charge is 0.325 e. The van der Waals surface area contributed by atoms with Gasteiger partial charge in [-0.1, -0.05) is 26.7 Å². The van der Waals surface area contributed by atoms with E-state index in [-0.39, 0.29) is 12.5 Å². The first-order valence-corrected chi connectivity index (χ1v) is 8.66. The van der Waals surface area contributed by atoms with Crippen molar-refractivity contribution in [3.8, 4) is 0 Å². The van der Waals surface area contributed by atoms with Crippen molar-refractivity contribution in [1.29, 1.82) is 0 Å². The van der Waals surface area contributed by atoms with Crippen LogP contribution in [0, 0.1) is 0 Å². The summed E-state index contributed by atoms with van der Waals surface area (Å²) in [6.45, 7) is 3.53. The van der Waals surface area contributed by atoms with Gasteiger partial charge in [0.2, 0.25) is 11.8 Å². The van der Waals surface area contributed by atoms with Gasteiger partial charge in [-0.3, -0.25) is 19.3 Å². The van der Waals surface area contributed by atoms with Crippen molar-refractivity contribution in [2.45, 2.75) is 45.1 Å². The van der Waals surface area contributed by atoms with Crippen LogP contribution in [0.3, 0.4) is 0 Å². The van der Waals surface area contributed by atoms with Crippen molar-refractivity contribution < 1.29 is 19.2 Å². The van der Waals surface area contributed by atoms with Crippen LogP contribution in [0.5, 0.6) is 0 Å². The maximum absolute atomic E-state index is 12.7. The van der Waals surface area contributed by atoms with E-state index in [1.165, 1.54) is 24.3 Å². The third-order valence-corrected chi connectivity index (χ3v) is 4.35. The first kappa shape index (κ1) is 19.4. The summed E-state index contributed by atoms with van der Waals surface area (Å²) in [4.78, 5) is 49.2. The van der Waals surface area contributed by atoms with Crippen LogP contribution in [-0.4, -0.2) is 40.7 Å². The lowest BCUT2D eigenvalue weighted by Crippen LogP contribution is -2.47. The number of urea groups is 1. The number of hydrogen-bond donors (Lipinski definition) is 3. The molecule has 0 saturated carbocycles. The molecule has 1 aliphatic rings. The van der Waals surface area contributed by atoms with E-state index < -0.39 is 23.4 Å². The number of primary amides is 1. The lowest BCUT2D eigenvalue weighted by molar-refractivity contribution is -0.134. The fourth-order valence-corrected chi connectivity index (χ4v) is 3.20. The van der Waals surface area contributed by atoms with E-state index in [1.54, 1.807) is 0 Å². The Morgan fingerprint density at radius 3 is 2.19 bits per heavy atom. The molecule has 8 heteroatoms. The Morgan fingerprint density at radius 1 is 1.12 bits per heavy atom. The second-order valence-electron chi connectivity index (χ2n) is 6.39. The topological polar surface area (TPSA) is 122 Å². The van der Waals surface area contributed by atoms with Crippen LogP contribution in [0.2, 0.25) is 0 Å². The van der Waals surface area contributed by atoms with Gasteiger partial charge in [0.05, 0.1) is 0 Å². The van der Waals surface area contributed by atoms with E-state index in [0.717, 1.165) is 17.7 Å². The van der Waals surface area contributed by atoms with Crippen LogP contribution in [0.4, 0.5) is 10.5 Å². The molecule has 26 heavy (non-hydrogen) atoms. The largest absolute Gasteiger partial charge is 0.366 e. The van der Waals surface area contributed by atoms with Gasteiger partial charge in [-0.15, -0.1) is 0 Å². The van der Waals surface area contributed by atoms with E-state index in [4.69, 9.17) is 5.73 Å². The van der Waals surface area contributed by atoms with Gasteiger partial charge in [0, 0.05) is 11.3 Å². The van der Waals surface area contributed by atoms with Crippen LogP contribution in [-0.2, 0) is 9.59 Å². The highest BCUT2D eigenvalue weighted by Gasteiger charge is 2.50. The van der Waals surface area contributed by atoms with Gasteiger partial charge >= 0.3 is 6.03 Å². The summed E-state index contributed by atoms with van der Waals surface area (Å²) >= 11 is 0. The number of hydrogen-bond acceptors (Lipinski definition) is 4. The minimum atomic E-state index is -0.913. The molecule has 1 aliphatic heterocycles. The molecule has 1 aromatic carbocycles. The summed E-state index contributed by atoms with van der Waals surface area (Å²) in [5.74, 6) is -1.42. The summed E-state index contributed by atoms with van der Waals surface area (Å²) in [6.07, 6.45) is 2.58. The molecule has 1 saturated heterocycles. The zero-order chi connectivity index (χ0) is 19.3. The van der Waals surface area contributed by atoms with E-state index in [9.17, 15) is 19.2 Å². The zero-order valence-corrected chi connectivity index (χ0v) is 15.0. The molecule has 1 aromatic rings. The van der Waals surface area contributed by atoms with Crippen molar-refractivity contribution in [3.63, 3.8) is 0 Å². The number of nitrogens with one attached hydrogen (secondary N) is 2. The molecule has 0 aliphatic carbocycles. The molecule has 8 nitrogen and oxygen atoms in total. The molecule has 0 atom stereocenters. The highest BCUT2D eigenvalue weighted by atomic mass is 16.2. The quantitative estimate of drug-likeness (QED) is 0.610. The second kappa shape index (κ2) is 7.99. The Morgan fingerprint density at radius 2 is 1.69 bits per heavy atom. The van der Waals surface area contributed by atoms with Crippen LogP contribution in [0.15, 0.2) is 24.3 Å². The minimum Gasteiger partial charge on any atom is -0.366 e. The van der Waals surface area contributed by atoms with Gasteiger partial charge in [-0.2, -0.15) is 0 Å². The van der Waals surface area contributed by atoms with E-state index >= 15 is 0 Å².